The monoisotopic (exact) mass is 425 g/mol. The number of amides is 2. The molecule has 0 unspecified atom stereocenters. The second kappa shape index (κ2) is 7.58. The third kappa shape index (κ3) is 3.72. The highest BCUT2D eigenvalue weighted by molar-refractivity contribution is 9.10. The lowest BCUT2D eigenvalue weighted by Crippen LogP contribution is -2.50. The number of carbonyl (C=O) groups is 2. The fraction of sp³-hybridized carbons (Fsp3) is 0.353. The van der Waals surface area contributed by atoms with Crippen LogP contribution in [0.2, 0.25) is 5.02 Å². The third-order valence-corrected chi connectivity index (χ3v) is 5.00. The lowest BCUT2D eigenvalue weighted by molar-refractivity contribution is 0.0566. The van der Waals surface area contributed by atoms with Crippen LogP contribution >= 0.6 is 27.5 Å². The van der Waals surface area contributed by atoms with Gasteiger partial charge >= 0.3 is 6.09 Å². The molecule has 0 bridgehead atoms. The number of ether oxygens (including phenoxy) is 1. The van der Waals surface area contributed by atoms with Gasteiger partial charge in [-0.3, -0.25) is 4.79 Å². The Morgan fingerprint density at radius 1 is 1.24 bits per heavy atom. The number of carbonyl (C=O) groups excluding carboxylic acids is 2. The molecule has 2 amide bonds. The zero-order valence-corrected chi connectivity index (χ0v) is 16.0. The fourth-order valence-corrected chi connectivity index (χ4v) is 3.46. The minimum atomic E-state index is -0.342. The van der Waals surface area contributed by atoms with Crippen LogP contribution in [-0.2, 0) is 4.74 Å². The largest absolute Gasteiger partial charge is 0.450 e. The summed E-state index contributed by atoms with van der Waals surface area (Å²) < 4.78 is 5.77. The third-order valence-electron chi connectivity index (χ3n) is 4.05. The van der Waals surface area contributed by atoms with E-state index in [2.05, 4.69) is 20.9 Å². The van der Waals surface area contributed by atoms with Crippen LogP contribution in [-0.4, -0.2) is 59.6 Å². The van der Waals surface area contributed by atoms with Gasteiger partial charge in [-0.1, -0.05) is 23.7 Å². The van der Waals surface area contributed by atoms with Crippen molar-refractivity contribution in [2.75, 3.05) is 32.8 Å². The minimum Gasteiger partial charge on any atom is -0.450 e. The molecule has 1 aromatic carbocycles. The first kappa shape index (κ1) is 17.9. The van der Waals surface area contributed by atoms with Crippen LogP contribution < -0.4 is 0 Å². The van der Waals surface area contributed by atoms with Crippen LogP contribution in [0.25, 0.3) is 10.9 Å². The van der Waals surface area contributed by atoms with Gasteiger partial charge in [0.1, 0.15) is 5.69 Å². The zero-order valence-electron chi connectivity index (χ0n) is 13.7. The lowest BCUT2D eigenvalue weighted by atomic mass is 10.2. The first-order chi connectivity index (χ1) is 12.0. The van der Waals surface area contributed by atoms with Gasteiger partial charge in [0.2, 0.25) is 0 Å². The molecule has 0 radical (unpaired) electrons. The molecule has 1 aromatic heterocycles. The van der Waals surface area contributed by atoms with E-state index in [-0.39, 0.29) is 12.0 Å². The number of rotatable bonds is 2. The quantitative estimate of drug-likeness (QED) is 0.736. The van der Waals surface area contributed by atoms with Gasteiger partial charge in [-0.2, -0.15) is 0 Å². The number of piperazine rings is 1. The van der Waals surface area contributed by atoms with Gasteiger partial charge in [0.15, 0.2) is 0 Å². The van der Waals surface area contributed by atoms with Gasteiger partial charge < -0.3 is 14.5 Å². The average Bonchev–Trinajstić information content (AvgIpc) is 2.62. The summed E-state index contributed by atoms with van der Waals surface area (Å²) in [6.45, 7) is 3.86. The molecule has 1 saturated heterocycles. The van der Waals surface area contributed by atoms with E-state index in [1.54, 1.807) is 22.8 Å². The molecule has 3 rings (SSSR count). The average molecular weight is 427 g/mol. The molecule has 1 aliphatic rings. The van der Waals surface area contributed by atoms with Crippen molar-refractivity contribution in [2.45, 2.75) is 6.92 Å². The van der Waals surface area contributed by atoms with Crippen molar-refractivity contribution < 1.29 is 14.3 Å². The summed E-state index contributed by atoms with van der Waals surface area (Å²) in [6.07, 6.45) is -0.342. The summed E-state index contributed by atoms with van der Waals surface area (Å²) >= 11 is 9.76. The molecular formula is C17H17BrClN3O3. The van der Waals surface area contributed by atoms with Crippen molar-refractivity contribution in [1.82, 2.24) is 14.8 Å². The van der Waals surface area contributed by atoms with Crippen LogP contribution in [0.3, 0.4) is 0 Å². The van der Waals surface area contributed by atoms with E-state index in [1.165, 1.54) is 0 Å². The highest BCUT2D eigenvalue weighted by atomic mass is 79.9. The molecule has 0 saturated carbocycles. The van der Waals surface area contributed by atoms with Crippen LogP contribution in [0.4, 0.5) is 4.79 Å². The Morgan fingerprint density at radius 2 is 1.92 bits per heavy atom. The van der Waals surface area contributed by atoms with Crippen LogP contribution in [0, 0.1) is 0 Å². The molecule has 1 fully saturated rings. The van der Waals surface area contributed by atoms with E-state index in [1.807, 2.05) is 18.2 Å². The predicted molar refractivity (Wildman–Crippen MR) is 99.0 cm³/mol. The summed E-state index contributed by atoms with van der Waals surface area (Å²) in [5, 5.41) is 1.28. The lowest BCUT2D eigenvalue weighted by Gasteiger charge is -2.33. The highest BCUT2D eigenvalue weighted by Crippen LogP contribution is 2.29. The van der Waals surface area contributed by atoms with Crippen molar-refractivity contribution in [1.29, 1.82) is 0 Å². The minimum absolute atomic E-state index is 0.192. The highest BCUT2D eigenvalue weighted by Gasteiger charge is 2.26. The smallest absolute Gasteiger partial charge is 0.409 e. The van der Waals surface area contributed by atoms with Crippen molar-refractivity contribution in [3.63, 3.8) is 0 Å². The van der Waals surface area contributed by atoms with Crippen molar-refractivity contribution >= 4 is 50.4 Å². The van der Waals surface area contributed by atoms with Crippen LogP contribution in [0.5, 0.6) is 0 Å². The van der Waals surface area contributed by atoms with Crippen molar-refractivity contribution in [2.24, 2.45) is 0 Å². The van der Waals surface area contributed by atoms with E-state index in [0.717, 1.165) is 9.86 Å². The van der Waals surface area contributed by atoms with Crippen molar-refractivity contribution in [3.8, 4) is 0 Å². The zero-order chi connectivity index (χ0) is 18.0. The van der Waals surface area contributed by atoms with E-state index >= 15 is 0 Å². The van der Waals surface area contributed by atoms with Gasteiger partial charge in [0.05, 0.1) is 17.1 Å². The maximum absolute atomic E-state index is 12.8. The Bertz CT molecular complexity index is 822. The normalized spacial score (nSPS) is 14.7. The number of hydrogen-bond acceptors (Lipinski definition) is 4. The molecule has 132 valence electrons. The predicted octanol–water partition coefficient (Wildman–Crippen LogP) is 3.57. The second-order valence-corrected chi connectivity index (χ2v) is 6.87. The standard InChI is InChI=1S/C17H17BrClN3O3/c1-2-25-17(24)22-8-6-21(7-9-22)16(23)14-10-13(19)11-4-3-5-12(18)15(11)20-14/h3-5,10H,2,6-9H2,1H3. The number of hydrogen-bond donors (Lipinski definition) is 0. The van der Waals surface area contributed by atoms with E-state index < -0.39 is 0 Å². The van der Waals surface area contributed by atoms with Gasteiger partial charge in [0.25, 0.3) is 5.91 Å². The number of halogens is 2. The number of aromatic nitrogens is 1. The van der Waals surface area contributed by atoms with Gasteiger partial charge in [-0.25, -0.2) is 9.78 Å². The molecule has 8 heteroatoms. The SMILES string of the molecule is CCOC(=O)N1CCN(C(=O)c2cc(Cl)c3cccc(Br)c3n2)CC1. The summed E-state index contributed by atoms with van der Waals surface area (Å²) in [5.74, 6) is -0.192. The number of fused-ring (bicyclic) bond motifs is 1. The topological polar surface area (TPSA) is 62.7 Å². The Kier molecular flexibility index (Phi) is 5.44. The summed E-state index contributed by atoms with van der Waals surface area (Å²) in [4.78, 5) is 32.2. The van der Waals surface area contributed by atoms with E-state index in [0.29, 0.717) is 49.0 Å². The molecule has 2 heterocycles. The molecule has 6 nitrogen and oxygen atoms in total. The Morgan fingerprint density at radius 3 is 2.60 bits per heavy atom. The molecule has 2 aromatic rings. The van der Waals surface area contributed by atoms with Gasteiger partial charge in [-0.15, -0.1) is 0 Å². The Hall–Kier alpha value is -1.86. The Labute approximate surface area is 158 Å². The number of benzene rings is 1. The number of para-hydroxylation sites is 1. The van der Waals surface area contributed by atoms with E-state index in [9.17, 15) is 9.59 Å². The number of pyridine rings is 1. The second-order valence-electron chi connectivity index (χ2n) is 5.60. The van der Waals surface area contributed by atoms with Crippen molar-refractivity contribution in [3.05, 3.63) is 39.5 Å². The van der Waals surface area contributed by atoms with Gasteiger partial charge in [0, 0.05) is 36.0 Å². The molecule has 0 N–H and O–H groups in total. The first-order valence-corrected chi connectivity index (χ1v) is 9.14. The molecular weight excluding hydrogens is 410 g/mol. The molecule has 0 atom stereocenters. The maximum Gasteiger partial charge on any atom is 0.409 e. The van der Waals surface area contributed by atoms with Crippen LogP contribution in [0.1, 0.15) is 17.4 Å². The Balaban J connectivity index is 1.77. The number of nitrogens with zero attached hydrogens (tertiary/aromatic N) is 3. The van der Waals surface area contributed by atoms with E-state index in [4.69, 9.17) is 16.3 Å². The van der Waals surface area contributed by atoms with Gasteiger partial charge in [-0.05, 0) is 35.0 Å². The molecule has 25 heavy (non-hydrogen) atoms. The fourth-order valence-electron chi connectivity index (χ4n) is 2.75. The first-order valence-electron chi connectivity index (χ1n) is 7.97. The maximum atomic E-state index is 12.8. The summed E-state index contributed by atoms with van der Waals surface area (Å²) in [6, 6.07) is 7.19. The molecule has 0 spiro atoms. The molecule has 1 aliphatic heterocycles. The molecule has 0 aliphatic carbocycles. The van der Waals surface area contributed by atoms with Crippen LogP contribution in [0.15, 0.2) is 28.7 Å². The summed E-state index contributed by atoms with van der Waals surface area (Å²) in [5.41, 5.74) is 0.956. The summed E-state index contributed by atoms with van der Waals surface area (Å²) in [7, 11) is 0.